The van der Waals surface area contributed by atoms with Gasteiger partial charge in [0.05, 0.1) is 11.4 Å². The highest BCUT2D eigenvalue weighted by molar-refractivity contribution is 7.14. The summed E-state index contributed by atoms with van der Waals surface area (Å²) < 4.78 is 5.48. The van der Waals surface area contributed by atoms with E-state index in [0.717, 1.165) is 25.7 Å². The number of amides is 2. The molecule has 1 aliphatic carbocycles. The van der Waals surface area contributed by atoms with Crippen molar-refractivity contribution in [3.8, 4) is 0 Å². The lowest BCUT2D eigenvalue weighted by Crippen LogP contribution is -2.47. The van der Waals surface area contributed by atoms with Crippen LogP contribution in [0.5, 0.6) is 0 Å². The molecule has 0 saturated carbocycles. The van der Waals surface area contributed by atoms with Crippen molar-refractivity contribution >= 4 is 40.5 Å². The quantitative estimate of drug-likeness (QED) is 0.775. The van der Waals surface area contributed by atoms with Crippen molar-refractivity contribution in [3.63, 3.8) is 0 Å². The first-order chi connectivity index (χ1) is 14.0. The number of nitrogens with zero attached hydrogens (tertiary/aromatic N) is 1. The molecule has 1 aromatic heterocycles. The third kappa shape index (κ3) is 3.92. The summed E-state index contributed by atoms with van der Waals surface area (Å²) in [5.74, 6) is -0.486. The Kier molecular flexibility index (Phi) is 5.41. The van der Waals surface area contributed by atoms with Crippen LogP contribution in [0.1, 0.15) is 46.8 Å². The van der Waals surface area contributed by atoms with Gasteiger partial charge in [0.1, 0.15) is 11.4 Å². The van der Waals surface area contributed by atoms with E-state index in [2.05, 4.69) is 12.2 Å². The van der Waals surface area contributed by atoms with Gasteiger partial charge in [0.2, 0.25) is 5.91 Å². The highest BCUT2D eigenvalue weighted by Crippen LogP contribution is 2.34. The smallest absolute Gasteiger partial charge is 0.349 e. The van der Waals surface area contributed by atoms with Crippen molar-refractivity contribution in [3.05, 3.63) is 45.6 Å². The summed E-state index contributed by atoms with van der Waals surface area (Å²) in [5.41, 5.74) is 2.42. The molecule has 0 fully saturated rings. The van der Waals surface area contributed by atoms with Crippen LogP contribution in [-0.4, -0.2) is 30.4 Å². The number of thiophene rings is 1. The molecule has 2 atom stereocenters. The normalized spacial score (nSPS) is 19.0. The van der Waals surface area contributed by atoms with E-state index in [4.69, 9.17) is 4.74 Å². The number of benzene rings is 1. The van der Waals surface area contributed by atoms with E-state index in [1.807, 2.05) is 6.07 Å². The Hall–Kier alpha value is -2.67. The van der Waals surface area contributed by atoms with Gasteiger partial charge in [-0.15, -0.1) is 11.3 Å². The third-order valence-electron chi connectivity index (χ3n) is 5.63. The topological polar surface area (TPSA) is 75.7 Å². The van der Waals surface area contributed by atoms with Gasteiger partial charge in [-0.3, -0.25) is 14.5 Å². The number of hydrogen-bond acceptors (Lipinski definition) is 5. The van der Waals surface area contributed by atoms with Crippen LogP contribution in [0.3, 0.4) is 0 Å². The number of rotatable bonds is 4. The number of hydrogen-bond donors (Lipinski definition) is 1. The Balaban J connectivity index is 1.46. The standard InChI is InChI=1S/C22H24N2O4S/c1-3-14-8-9-18-15(10-14)11-19(29-18)22(27)28-13(2)21(26)24-12-20(25)23-16-6-4-5-7-17(16)24/h4-7,11,13-14H,3,8-10,12H2,1-2H3,(H,23,25)/t13-,14-/m0/s1. The SMILES string of the molecule is CC[C@H]1CCc2sc(C(=O)O[C@@H](C)C(=O)N3CC(=O)Nc4ccccc43)cc2C1. The number of anilines is 2. The van der Waals surface area contributed by atoms with Gasteiger partial charge in [0.15, 0.2) is 6.10 Å². The molecule has 1 aromatic carbocycles. The first kappa shape index (κ1) is 19.6. The molecular formula is C22H24N2O4S. The van der Waals surface area contributed by atoms with Gasteiger partial charge < -0.3 is 10.1 Å². The molecular weight excluding hydrogens is 388 g/mol. The maximum absolute atomic E-state index is 12.9. The first-order valence-electron chi connectivity index (χ1n) is 9.99. The van der Waals surface area contributed by atoms with Crippen LogP contribution in [0.25, 0.3) is 0 Å². The molecule has 2 amide bonds. The van der Waals surface area contributed by atoms with Gasteiger partial charge >= 0.3 is 5.97 Å². The van der Waals surface area contributed by atoms with E-state index in [1.54, 1.807) is 31.2 Å². The van der Waals surface area contributed by atoms with E-state index in [1.165, 1.54) is 26.7 Å². The fourth-order valence-corrected chi connectivity index (χ4v) is 5.06. The fourth-order valence-electron chi connectivity index (χ4n) is 3.97. The first-order valence-corrected chi connectivity index (χ1v) is 10.8. The Morgan fingerprint density at radius 3 is 2.93 bits per heavy atom. The second-order valence-electron chi connectivity index (χ2n) is 7.61. The predicted molar refractivity (Wildman–Crippen MR) is 112 cm³/mol. The van der Waals surface area contributed by atoms with Crippen molar-refractivity contribution in [2.24, 2.45) is 5.92 Å². The molecule has 0 radical (unpaired) electrons. The number of fused-ring (bicyclic) bond motifs is 2. The molecule has 0 unspecified atom stereocenters. The van der Waals surface area contributed by atoms with Crippen molar-refractivity contribution in [2.45, 2.75) is 45.6 Å². The van der Waals surface area contributed by atoms with E-state index in [-0.39, 0.29) is 12.5 Å². The van der Waals surface area contributed by atoms with Gasteiger partial charge in [0.25, 0.3) is 5.91 Å². The summed E-state index contributed by atoms with van der Waals surface area (Å²) in [6.07, 6.45) is 3.32. The van der Waals surface area contributed by atoms with Gasteiger partial charge in [-0.1, -0.05) is 25.5 Å². The van der Waals surface area contributed by atoms with Gasteiger partial charge in [-0.2, -0.15) is 0 Å². The van der Waals surface area contributed by atoms with Gasteiger partial charge in [-0.05, 0) is 55.9 Å². The van der Waals surface area contributed by atoms with Crippen LogP contribution in [0.4, 0.5) is 11.4 Å². The summed E-state index contributed by atoms with van der Waals surface area (Å²) in [6, 6.07) is 9.01. The summed E-state index contributed by atoms with van der Waals surface area (Å²) in [5, 5.41) is 2.75. The molecule has 29 heavy (non-hydrogen) atoms. The lowest BCUT2D eigenvalue weighted by Gasteiger charge is -2.30. The summed E-state index contributed by atoms with van der Waals surface area (Å²) >= 11 is 1.47. The second-order valence-corrected chi connectivity index (χ2v) is 8.75. The average molecular weight is 413 g/mol. The highest BCUT2D eigenvalue weighted by atomic mass is 32.1. The molecule has 2 heterocycles. The van der Waals surface area contributed by atoms with E-state index in [0.29, 0.717) is 22.2 Å². The van der Waals surface area contributed by atoms with Crippen molar-refractivity contribution in [1.29, 1.82) is 0 Å². The van der Waals surface area contributed by atoms with Crippen LogP contribution in [0, 0.1) is 5.92 Å². The number of nitrogens with one attached hydrogen (secondary N) is 1. The van der Waals surface area contributed by atoms with Crippen LogP contribution < -0.4 is 10.2 Å². The molecule has 0 bridgehead atoms. The molecule has 152 valence electrons. The van der Waals surface area contributed by atoms with Crippen molar-refractivity contribution < 1.29 is 19.1 Å². The zero-order chi connectivity index (χ0) is 20.5. The van der Waals surface area contributed by atoms with Crippen LogP contribution in [0.2, 0.25) is 0 Å². The molecule has 0 saturated heterocycles. The number of carbonyl (C=O) groups excluding carboxylic acids is 3. The Morgan fingerprint density at radius 1 is 1.34 bits per heavy atom. The Labute approximate surface area is 173 Å². The summed E-state index contributed by atoms with van der Waals surface area (Å²) in [6.45, 7) is 3.66. The predicted octanol–water partition coefficient (Wildman–Crippen LogP) is 3.79. The minimum absolute atomic E-state index is 0.0938. The fraction of sp³-hybridized carbons (Fsp3) is 0.409. The largest absolute Gasteiger partial charge is 0.448 e. The molecule has 6 nitrogen and oxygen atoms in total. The maximum Gasteiger partial charge on any atom is 0.349 e. The van der Waals surface area contributed by atoms with E-state index < -0.39 is 18.0 Å². The number of esters is 1. The second kappa shape index (κ2) is 7.99. The number of ether oxygens (including phenoxy) is 1. The zero-order valence-corrected chi connectivity index (χ0v) is 17.4. The summed E-state index contributed by atoms with van der Waals surface area (Å²) in [7, 11) is 0. The lowest BCUT2D eigenvalue weighted by atomic mass is 9.87. The van der Waals surface area contributed by atoms with Crippen LogP contribution in [0.15, 0.2) is 30.3 Å². The van der Waals surface area contributed by atoms with E-state index >= 15 is 0 Å². The number of para-hydroxylation sites is 2. The van der Waals surface area contributed by atoms with E-state index in [9.17, 15) is 14.4 Å². The molecule has 4 rings (SSSR count). The van der Waals surface area contributed by atoms with Crippen LogP contribution in [-0.2, 0) is 27.2 Å². The minimum Gasteiger partial charge on any atom is -0.448 e. The van der Waals surface area contributed by atoms with Crippen molar-refractivity contribution in [1.82, 2.24) is 0 Å². The Morgan fingerprint density at radius 2 is 2.14 bits per heavy atom. The molecule has 2 aromatic rings. The van der Waals surface area contributed by atoms with Gasteiger partial charge in [0, 0.05) is 4.88 Å². The highest BCUT2D eigenvalue weighted by Gasteiger charge is 2.32. The zero-order valence-electron chi connectivity index (χ0n) is 16.6. The average Bonchev–Trinajstić information content (AvgIpc) is 3.15. The Bertz CT molecular complexity index is 967. The molecule has 2 aliphatic rings. The third-order valence-corrected chi connectivity index (χ3v) is 6.85. The number of aryl methyl sites for hydroxylation is 1. The molecule has 1 N–H and O–H groups in total. The van der Waals surface area contributed by atoms with Crippen molar-refractivity contribution in [2.75, 3.05) is 16.8 Å². The molecule has 0 spiro atoms. The number of carbonyl (C=O) groups is 3. The lowest BCUT2D eigenvalue weighted by molar-refractivity contribution is -0.128. The monoisotopic (exact) mass is 412 g/mol. The molecule has 7 heteroatoms. The van der Waals surface area contributed by atoms with Crippen LogP contribution >= 0.6 is 11.3 Å². The maximum atomic E-state index is 12.9. The summed E-state index contributed by atoms with van der Waals surface area (Å²) in [4.78, 5) is 40.7. The van der Waals surface area contributed by atoms with Gasteiger partial charge in [-0.25, -0.2) is 4.79 Å². The minimum atomic E-state index is -0.982. The molecule has 1 aliphatic heterocycles.